The van der Waals surface area contributed by atoms with Crippen molar-refractivity contribution in [1.29, 1.82) is 0 Å². The number of nitrogens with zero attached hydrogens (tertiary/aromatic N) is 1. The van der Waals surface area contributed by atoms with E-state index in [0.717, 1.165) is 15.5 Å². The first-order valence-corrected chi connectivity index (χ1v) is 7.40. The maximum absolute atomic E-state index is 12.3. The van der Waals surface area contributed by atoms with Gasteiger partial charge in [-0.15, -0.1) is 24.0 Å². The molecule has 0 atom stereocenters. The summed E-state index contributed by atoms with van der Waals surface area (Å²) in [6.45, 7) is 0. The molecule has 0 unspecified atom stereocenters. The van der Waals surface area contributed by atoms with Gasteiger partial charge in [-0.1, -0.05) is 24.3 Å². The number of carbonyl (C=O) groups excluding carboxylic acids is 1. The van der Waals surface area contributed by atoms with Crippen LogP contribution in [0.3, 0.4) is 0 Å². The van der Waals surface area contributed by atoms with Crippen molar-refractivity contribution in [3.05, 3.63) is 71.2 Å². The van der Waals surface area contributed by atoms with Crippen LogP contribution in [0, 0.1) is 0 Å². The predicted molar refractivity (Wildman–Crippen MR) is 84.7 cm³/mol. The highest BCUT2D eigenvalue weighted by atomic mass is 32.1. The van der Waals surface area contributed by atoms with Gasteiger partial charge in [0.1, 0.15) is 5.01 Å². The number of thiazole rings is 1. The Morgan fingerprint density at radius 3 is 2.10 bits per heavy atom. The summed E-state index contributed by atoms with van der Waals surface area (Å²) in [6, 6.07) is 14.8. The molecule has 0 radical (unpaired) electrons. The SMILES string of the molecule is O=C(c1ccc(S)cc1)c1ccc(-c2nccs2)cc1. The molecule has 2 aromatic carbocycles. The minimum atomic E-state index is 0.0176. The molecule has 4 heteroatoms. The fourth-order valence-electron chi connectivity index (χ4n) is 1.91. The Hall–Kier alpha value is -1.91. The maximum Gasteiger partial charge on any atom is 0.193 e. The van der Waals surface area contributed by atoms with Gasteiger partial charge in [0.15, 0.2) is 5.78 Å². The molecular weight excluding hydrogens is 286 g/mol. The highest BCUT2D eigenvalue weighted by Gasteiger charge is 2.09. The molecule has 3 rings (SSSR count). The Morgan fingerprint density at radius 2 is 1.55 bits per heavy atom. The van der Waals surface area contributed by atoms with Crippen LogP contribution in [0.1, 0.15) is 15.9 Å². The summed E-state index contributed by atoms with van der Waals surface area (Å²) in [5.74, 6) is 0.0176. The van der Waals surface area contributed by atoms with E-state index in [1.165, 1.54) is 0 Å². The van der Waals surface area contributed by atoms with Crippen molar-refractivity contribution in [2.75, 3.05) is 0 Å². The third-order valence-electron chi connectivity index (χ3n) is 2.96. The number of hydrogen-bond donors (Lipinski definition) is 1. The van der Waals surface area contributed by atoms with Gasteiger partial charge in [0.05, 0.1) is 0 Å². The molecule has 0 N–H and O–H groups in total. The maximum atomic E-state index is 12.3. The lowest BCUT2D eigenvalue weighted by Gasteiger charge is -2.03. The van der Waals surface area contributed by atoms with Crippen LogP contribution in [-0.2, 0) is 0 Å². The average molecular weight is 297 g/mol. The molecule has 0 spiro atoms. The van der Waals surface area contributed by atoms with E-state index in [2.05, 4.69) is 17.6 Å². The topological polar surface area (TPSA) is 30.0 Å². The summed E-state index contributed by atoms with van der Waals surface area (Å²) in [4.78, 5) is 17.4. The summed E-state index contributed by atoms with van der Waals surface area (Å²) < 4.78 is 0. The summed E-state index contributed by atoms with van der Waals surface area (Å²) in [7, 11) is 0. The molecule has 98 valence electrons. The number of rotatable bonds is 3. The molecule has 0 aliphatic heterocycles. The smallest absolute Gasteiger partial charge is 0.193 e. The van der Waals surface area contributed by atoms with E-state index in [0.29, 0.717) is 11.1 Å². The highest BCUT2D eigenvalue weighted by Crippen LogP contribution is 2.22. The van der Waals surface area contributed by atoms with E-state index in [4.69, 9.17) is 0 Å². The average Bonchev–Trinajstić information content (AvgIpc) is 3.02. The Labute approximate surface area is 126 Å². The van der Waals surface area contributed by atoms with Gasteiger partial charge >= 0.3 is 0 Å². The molecule has 0 bridgehead atoms. The van der Waals surface area contributed by atoms with Crippen molar-refractivity contribution in [1.82, 2.24) is 4.98 Å². The van der Waals surface area contributed by atoms with Gasteiger partial charge in [-0.05, 0) is 24.3 Å². The minimum Gasteiger partial charge on any atom is -0.289 e. The zero-order valence-corrected chi connectivity index (χ0v) is 12.2. The van der Waals surface area contributed by atoms with Crippen LogP contribution in [0.5, 0.6) is 0 Å². The molecule has 0 saturated heterocycles. The van der Waals surface area contributed by atoms with Crippen molar-refractivity contribution in [2.24, 2.45) is 0 Å². The molecule has 0 amide bonds. The first-order chi connectivity index (χ1) is 9.74. The van der Waals surface area contributed by atoms with Crippen LogP contribution in [-0.4, -0.2) is 10.8 Å². The molecule has 0 saturated carbocycles. The van der Waals surface area contributed by atoms with Gasteiger partial charge in [-0.3, -0.25) is 4.79 Å². The standard InChI is InChI=1S/C16H11NOS2/c18-15(12-5-7-14(19)8-6-12)11-1-3-13(4-2-11)16-17-9-10-20-16/h1-10,19H. The lowest BCUT2D eigenvalue weighted by atomic mass is 10.0. The van der Waals surface area contributed by atoms with Gasteiger partial charge in [-0.2, -0.15) is 0 Å². The lowest BCUT2D eigenvalue weighted by Crippen LogP contribution is -2.00. The summed E-state index contributed by atoms with van der Waals surface area (Å²) in [5.41, 5.74) is 2.38. The van der Waals surface area contributed by atoms with Crippen molar-refractivity contribution in [3.8, 4) is 10.6 Å². The van der Waals surface area contributed by atoms with E-state index in [1.807, 2.05) is 41.8 Å². The number of aromatic nitrogens is 1. The second kappa shape index (κ2) is 5.61. The molecule has 20 heavy (non-hydrogen) atoms. The van der Waals surface area contributed by atoms with E-state index in [9.17, 15) is 4.79 Å². The van der Waals surface area contributed by atoms with Crippen molar-refractivity contribution >= 4 is 29.7 Å². The number of benzene rings is 2. The number of hydrogen-bond acceptors (Lipinski definition) is 4. The van der Waals surface area contributed by atoms with E-state index < -0.39 is 0 Å². The van der Waals surface area contributed by atoms with Crippen molar-refractivity contribution in [2.45, 2.75) is 4.90 Å². The lowest BCUT2D eigenvalue weighted by molar-refractivity contribution is 0.103. The number of thiol groups is 1. The Kier molecular flexibility index (Phi) is 3.67. The predicted octanol–water partition coefficient (Wildman–Crippen LogP) is 4.33. The zero-order valence-electron chi connectivity index (χ0n) is 10.5. The van der Waals surface area contributed by atoms with Gasteiger partial charge in [0, 0.05) is 33.2 Å². The quantitative estimate of drug-likeness (QED) is 0.576. The Bertz CT molecular complexity index is 716. The third kappa shape index (κ3) is 2.66. The zero-order chi connectivity index (χ0) is 13.9. The largest absolute Gasteiger partial charge is 0.289 e. The molecule has 2 nitrogen and oxygen atoms in total. The van der Waals surface area contributed by atoms with Crippen molar-refractivity contribution in [3.63, 3.8) is 0 Å². The van der Waals surface area contributed by atoms with Crippen LogP contribution in [0.4, 0.5) is 0 Å². The third-order valence-corrected chi connectivity index (χ3v) is 4.08. The van der Waals surface area contributed by atoms with E-state index in [1.54, 1.807) is 29.7 Å². The van der Waals surface area contributed by atoms with Crippen LogP contribution >= 0.6 is 24.0 Å². The number of ketones is 1. The first-order valence-electron chi connectivity index (χ1n) is 6.08. The Balaban J connectivity index is 1.87. The highest BCUT2D eigenvalue weighted by molar-refractivity contribution is 7.80. The fourth-order valence-corrected chi connectivity index (χ4v) is 2.70. The molecule has 0 aliphatic carbocycles. The van der Waals surface area contributed by atoms with E-state index >= 15 is 0 Å². The van der Waals surface area contributed by atoms with Crippen LogP contribution in [0.2, 0.25) is 0 Å². The molecule has 0 aliphatic rings. The minimum absolute atomic E-state index is 0.0176. The molecule has 3 aromatic rings. The second-order valence-electron chi connectivity index (χ2n) is 4.29. The van der Waals surface area contributed by atoms with Gasteiger partial charge in [0.2, 0.25) is 0 Å². The molecular formula is C16H11NOS2. The van der Waals surface area contributed by atoms with Crippen LogP contribution in [0.25, 0.3) is 10.6 Å². The monoisotopic (exact) mass is 297 g/mol. The molecule has 1 heterocycles. The Morgan fingerprint density at radius 1 is 0.950 bits per heavy atom. The van der Waals surface area contributed by atoms with Crippen LogP contribution in [0.15, 0.2) is 65.0 Å². The van der Waals surface area contributed by atoms with Gasteiger partial charge < -0.3 is 0 Å². The summed E-state index contributed by atoms with van der Waals surface area (Å²) in [6.07, 6.45) is 1.78. The summed E-state index contributed by atoms with van der Waals surface area (Å²) in [5, 5.41) is 2.90. The number of carbonyl (C=O) groups is 1. The van der Waals surface area contributed by atoms with Gasteiger partial charge in [0.25, 0.3) is 0 Å². The van der Waals surface area contributed by atoms with Crippen LogP contribution < -0.4 is 0 Å². The van der Waals surface area contributed by atoms with Crippen molar-refractivity contribution < 1.29 is 4.79 Å². The normalized spacial score (nSPS) is 10.4. The van der Waals surface area contributed by atoms with Gasteiger partial charge in [-0.25, -0.2) is 4.98 Å². The second-order valence-corrected chi connectivity index (χ2v) is 5.70. The summed E-state index contributed by atoms with van der Waals surface area (Å²) >= 11 is 5.80. The van der Waals surface area contributed by atoms with E-state index in [-0.39, 0.29) is 5.78 Å². The first kappa shape index (κ1) is 13.1. The molecule has 0 fully saturated rings. The fraction of sp³-hybridized carbons (Fsp3) is 0. The molecule has 1 aromatic heterocycles.